The minimum Gasteiger partial charge on any atom is -0.495 e. The zero-order valence-electron chi connectivity index (χ0n) is 5.92. The number of rotatable bonds is 2. The number of para-hydroxylation sites is 2. The first kappa shape index (κ1) is 8.87. The minimum absolute atomic E-state index is 0.821. The largest absolute Gasteiger partial charge is 0.495 e. The molecule has 0 aromatic heterocycles. The molecule has 4 heteroatoms. The van der Waals surface area contributed by atoms with Crippen molar-refractivity contribution in [3.63, 3.8) is 0 Å². The van der Waals surface area contributed by atoms with Crippen LogP contribution >= 0.6 is 32.3 Å². The number of anilines is 1. The Labute approximate surface area is 82.8 Å². The monoisotopic (exact) mass is 279 g/mol. The molecule has 0 radical (unpaired) electrons. The topological polar surface area (TPSA) is 12.5 Å². The first-order valence-corrected chi connectivity index (χ1v) is 4.42. The molecule has 0 heterocycles. The molecule has 1 aromatic carbocycles. The third-order valence-electron chi connectivity index (χ3n) is 1.27. The van der Waals surface area contributed by atoms with Crippen molar-refractivity contribution in [1.82, 2.24) is 0 Å². The fourth-order valence-electron chi connectivity index (χ4n) is 0.769. The Morgan fingerprint density at radius 3 is 2.36 bits per heavy atom. The summed E-state index contributed by atoms with van der Waals surface area (Å²) in [5, 5.41) is 0. The summed E-state index contributed by atoms with van der Waals surface area (Å²) in [5.41, 5.74) is 0.940. The third kappa shape index (κ3) is 2.10. The van der Waals surface area contributed by atoms with E-state index in [0.717, 1.165) is 11.4 Å². The third-order valence-corrected chi connectivity index (χ3v) is 2.03. The van der Waals surface area contributed by atoms with E-state index in [-0.39, 0.29) is 0 Å². The van der Waals surface area contributed by atoms with Crippen LogP contribution in [0.25, 0.3) is 0 Å². The van der Waals surface area contributed by atoms with E-state index in [1.165, 1.54) is 0 Å². The van der Waals surface area contributed by atoms with Crippen molar-refractivity contribution in [3.05, 3.63) is 24.3 Å². The maximum Gasteiger partial charge on any atom is 0.143 e. The minimum atomic E-state index is 0.821. The molecule has 0 aliphatic rings. The summed E-state index contributed by atoms with van der Waals surface area (Å²) in [6.07, 6.45) is 0. The molecule has 2 nitrogen and oxygen atoms in total. The molecule has 60 valence electrons. The fraction of sp³-hybridized carbons (Fsp3) is 0.143. The van der Waals surface area contributed by atoms with Crippen molar-refractivity contribution in [2.45, 2.75) is 0 Å². The maximum atomic E-state index is 5.10. The lowest BCUT2D eigenvalue weighted by Gasteiger charge is -2.10. The van der Waals surface area contributed by atoms with Crippen LogP contribution in [0.1, 0.15) is 0 Å². The van der Waals surface area contributed by atoms with Crippen LogP contribution < -0.4 is 7.69 Å². The van der Waals surface area contributed by atoms with Gasteiger partial charge in [-0.25, -0.2) is 2.95 Å². The second kappa shape index (κ2) is 3.97. The van der Waals surface area contributed by atoms with Crippen molar-refractivity contribution in [1.29, 1.82) is 0 Å². The first-order chi connectivity index (χ1) is 5.25. The number of hydrogen-bond donors (Lipinski definition) is 0. The van der Waals surface area contributed by atoms with Crippen molar-refractivity contribution in [2.75, 3.05) is 10.1 Å². The summed E-state index contributed by atoms with van der Waals surface area (Å²) in [5.74, 6) is 0.821. The smallest absolute Gasteiger partial charge is 0.143 e. The van der Waals surface area contributed by atoms with Crippen LogP contribution in [0.15, 0.2) is 24.3 Å². The molecule has 0 saturated heterocycles. The Bertz CT molecular complexity index is 240. The lowest BCUT2D eigenvalue weighted by molar-refractivity contribution is 0.416. The maximum absolute atomic E-state index is 5.10. The van der Waals surface area contributed by atoms with Crippen LogP contribution in [0.4, 0.5) is 5.69 Å². The summed E-state index contributed by atoms with van der Waals surface area (Å²) in [4.78, 5) is 0. The highest BCUT2D eigenvalue weighted by atomic mass is 79.9. The van der Waals surface area contributed by atoms with Gasteiger partial charge in [-0.2, -0.15) is 0 Å². The number of ether oxygens (including phenoxy) is 1. The molecule has 0 aliphatic carbocycles. The molecule has 0 aliphatic heterocycles. The Morgan fingerprint density at radius 1 is 1.27 bits per heavy atom. The SMILES string of the molecule is COc1ccccc1N(Br)Br. The standard InChI is InChI=1S/C7H7Br2NO/c1-11-7-5-3-2-4-6(7)10(8)9/h2-5H,1H3. The van der Waals surface area contributed by atoms with E-state index >= 15 is 0 Å². The lowest BCUT2D eigenvalue weighted by atomic mass is 10.3. The highest BCUT2D eigenvalue weighted by Gasteiger charge is 2.04. The molecule has 11 heavy (non-hydrogen) atoms. The number of nitrogens with zero attached hydrogens (tertiary/aromatic N) is 1. The number of benzene rings is 1. The van der Waals surface area contributed by atoms with Crippen molar-refractivity contribution in [3.8, 4) is 5.75 Å². The van der Waals surface area contributed by atoms with Gasteiger partial charge in [-0.15, -0.1) is 0 Å². The molecule has 0 atom stereocenters. The molecular formula is C7H7Br2NO. The van der Waals surface area contributed by atoms with Gasteiger partial charge in [0.2, 0.25) is 0 Å². The van der Waals surface area contributed by atoms with E-state index < -0.39 is 0 Å². The Morgan fingerprint density at radius 2 is 1.91 bits per heavy atom. The van der Waals surface area contributed by atoms with Gasteiger partial charge in [0.15, 0.2) is 0 Å². The number of hydrogen-bond acceptors (Lipinski definition) is 2. The van der Waals surface area contributed by atoms with Crippen molar-refractivity contribution >= 4 is 38.0 Å². The van der Waals surface area contributed by atoms with E-state index in [9.17, 15) is 0 Å². The van der Waals surface area contributed by atoms with Crippen LogP contribution in [0, 0.1) is 0 Å². The van der Waals surface area contributed by atoms with Gasteiger partial charge in [-0.05, 0) is 12.1 Å². The van der Waals surface area contributed by atoms with Gasteiger partial charge in [0.1, 0.15) is 11.4 Å². The average molecular weight is 281 g/mol. The van der Waals surface area contributed by atoms with Gasteiger partial charge >= 0.3 is 0 Å². The highest BCUT2D eigenvalue weighted by molar-refractivity contribution is 9.25. The fourth-order valence-corrected chi connectivity index (χ4v) is 1.36. The molecule has 0 unspecified atom stereocenters. The normalized spacial score (nSPS) is 9.36. The second-order valence-corrected chi connectivity index (χ2v) is 4.28. The van der Waals surface area contributed by atoms with E-state index in [0.29, 0.717) is 0 Å². The predicted molar refractivity (Wildman–Crippen MR) is 53.3 cm³/mol. The van der Waals surface area contributed by atoms with E-state index in [1.54, 1.807) is 10.1 Å². The van der Waals surface area contributed by atoms with Crippen LogP contribution in [-0.2, 0) is 0 Å². The van der Waals surface area contributed by atoms with E-state index in [2.05, 4.69) is 32.3 Å². The Kier molecular flexibility index (Phi) is 3.20. The van der Waals surface area contributed by atoms with E-state index in [1.807, 2.05) is 24.3 Å². The summed E-state index contributed by atoms with van der Waals surface area (Å²) in [6, 6.07) is 7.69. The molecule has 0 fully saturated rings. The van der Waals surface area contributed by atoms with Gasteiger partial charge in [-0.3, -0.25) is 0 Å². The van der Waals surface area contributed by atoms with E-state index in [4.69, 9.17) is 4.74 Å². The molecule has 0 N–H and O–H groups in total. The zero-order valence-corrected chi connectivity index (χ0v) is 9.09. The molecule has 1 aromatic rings. The molecule has 0 saturated carbocycles. The predicted octanol–water partition coefficient (Wildman–Crippen LogP) is 3.12. The van der Waals surface area contributed by atoms with Gasteiger partial charge in [0.05, 0.1) is 39.4 Å². The van der Waals surface area contributed by atoms with Gasteiger partial charge in [0, 0.05) is 0 Å². The van der Waals surface area contributed by atoms with Gasteiger partial charge < -0.3 is 4.74 Å². The van der Waals surface area contributed by atoms with Crippen LogP contribution in [0.5, 0.6) is 5.75 Å². The lowest BCUT2D eigenvalue weighted by Crippen LogP contribution is -1.93. The molecule has 0 spiro atoms. The molecular weight excluding hydrogens is 274 g/mol. The summed E-state index contributed by atoms with van der Waals surface area (Å²) in [7, 11) is 1.64. The van der Waals surface area contributed by atoms with Gasteiger partial charge in [-0.1, -0.05) is 12.1 Å². The van der Waals surface area contributed by atoms with Gasteiger partial charge in [0.25, 0.3) is 0 Å². The number of halogens is 2. The summed E-state index contributed by atoms with van der Waals surface area (Å²) >= 11 is 6.49. The quantitative estimate of drug-likeness (QED) is 0.772. The average Bonchev–Trinajstić information content (AvgIpc) is 2.04. The second-order valence-electron chi connectivity index (χ2n) is 1.90. The van der Waals surface area contributed by atoms with Crippen LogP contribution in [-0.4, -0.2) is 7.11 Å². The van der Waals surface area contributed by atoms with Crippen LogP contribution in [0.2, 0.25) is 0 Å². The Hall–Kier alpha value is -0.220. The zero-order chi connectivity index (χ0) is 8.27. The Balaban J connectivity index is 3.02. The summed E-state index contributed by atoms with van der Waals surface area (Å²) < 4.78 is 6.76. The highest BCUT2D eigenvalue weighted by Crippen LogP contribution is 2.31. The molecule has 0 amide bonds. The van der Waals surface area contributed by atoms with Crippen molar-refractivity contribution < 1.29 is 4.74 Å². The number of methoxy groups -OCH3 is 1. The summed E-state index contributed by atoms with van der Waals surface area (Å²) in [6.45, 7) is 0. The van der Waals surface area contributed by atoms with Crippen molar-refractivity contribution in [2.24, 2.45) is 0 Å². The van der Waals surface area contributed by atoms with Crippen LogP contribution in [0.3, 0.4) is 0 Å². The molecule has 0 bridgehead atoms. The first-order valence-electron chi connectivity index (χ1n) is 3.00. The molecule has 1 rings (SSSR count).